The molecule has 2 amide bonds. The van der Waals surface area contributed by atoms with Crippen molar-refractivity contribution in [3.8, 4) is 0 Å². The number of piperazine rings is 1. The average Bonchev–Trinajstić information content (AvgIpc) is 3.11. The van der Waals surface area contributed by atoms with Crippen molar-refractivity contribution in [3.63, 3.8) is 0 Å². The summed E-state index contributed by atoms with van der Waals surface area (Å²) in [6.45, 7) is 5.38. The summed E-state index contributed by atoms with van der Waals surface area (Å²) in [6.07, 6.45) is 2.79. The lowest BCUT2D eigenvalue weighted by Crippen LogP contribution is -2.44. The van der Waals surface area contributed by atoms with Crippen LogP contribution >= 0.6 is 0 Å². The van der Waals surface area contributed by atoms with Crippen LogP contribution in [0.1, 0.15) is 11.1 Å². The summed E-state index contributed by atoms with van der Waals surface area (Å²) >= 11 is 0. The number of pyridine rings is 1. The molecule has 6 nitrogen and oxygen atoms in total. The first-order chi connectivity index (χ1) is 12.7. The van der Waals surface area contributed by atoms with Gasteiger partial charge in [0.1, 0.15) is 5.82 Å². The largest absolute Gasteiger partial charge is 0.354 e. The number of carbonyl (C=O) groups is 1. The third-order valence-corrected chi connectivity index (χ3v) is 5.21. The lowest BCUT2D eigenvalue weighted by Gasteiger charge is -2.33. The van der Waals surface area contributed by atoms with Crippen LogP contribution in [0.4, 0.5) is 16.3 Å². The molecule has 2 aliphatic heterocycles. The number of hydrogen-bond acceptors (Lipinski definition) is 4. The Kier molecular flexibility index (Phi) is 4.75. The van der Waals surface area contributed by atoms with E-state index in [-0.39, 0.29) is 6.03 Å². The molecule has 1 saturated heterocycles. The number of aromatic nitrogens is 1. The van der Waals surface area contributed by atoms with Gasteiger partial charge in [0, 0.05) is 51.2 Å². The number of para-hydroxylation sites is 1. The number of nitrogens with zero attached hydrogens (tertiary/aromatic N) is 4. The lowest BCUT2D eigenvalue weighted by molar-refractivity contribution is 0.246. The van der Waals surface area contributed by atoms with E-state index in [9.17, 15) is 4.79 Å². The van der Waals surface area contributed by atoms with Gasteiger partial charge in [-0.15, -0.1) is 0 Å². The highest BCUT2D eigenvalue weighted by Crippen LogP contribution is 2.27. The van der Waals surface area contributed by atoms with Gasteiger partial charge in [-0.05, 0) is 36.7 Å². The molecule has 2 aromatic rings. The maximum Gasteiger partial charge on any atom is 0.322 e. The summed E-state index contributed by atoms with van der Waals surface area (Å²) < 4.78 is 0. The van der Waals surface area contributed by atoms with E-state index in [2.05, 4.69) is 45.3 Å². The van der Waals surface area contributed by atoms with Gasteiger partial charge in [0.15, 0.2) is 0 Å². The summed E-state index contributed by atoms with van der Waals surface area (Å²) in [5.74, 6) is 1.02. The van der Waals surface area contributed by atoms with Gasteiger partial charge in [-0.3, -0.25) is 4.90 Å². The molecule has 1 aromatic carbocycles. The number of fused-ring (bicyclic) bond motifs is 1. The van der Waals surface area contributed by atoms with Crippen LogP contribution in [0.3, 0.4) is 0 Å². The van der Waals surface area contributed by atoms with Gasteiger partial charge >= 0.3 is 6.03 Å². The van der Waals surface area contributed by atoms with Gasteiger partial charge in [0.05, 0.1) is 0 Å². The van der Waals surface area contributed by atoms with Crippen LogP contribution in [0.5, 0.6) is 0 Å². The molecule has 0 bridgehead atoms. The molecule has 0 atom stereocenters. The van der Waals surface area contributed by atoms with Crippen molar-refractivity contribution in [2.45, 2.75) is 13.0 Å². The smallest absolute Gasteiger partial charge is 0.322 e. The molecule has 0 saturated carbocycles. The summed E-state index contributed by atoms with van der Waals surface area (Å²) in [5, 5.41) is 3.01. The van der Waals surface area contributed by atoms with Gasteiger partial charge in [-0.1, -0.05) is 24.3 Å². The van der Waals surface area contributed by atoms with E-state index >= 15 is 0 Å². The first kappa shape index (κ1) is 16.8. The molecule has 1 fully saturated rings. The van der Waals surface area contributed by atoms with Gasteiger partial charge in [-0.25, -0.2) is 9.78 Å². The molecule has 0 aliphatic carbocycles. The van der Waals surface area contributed by atoms with Crippen molar-refractivity contribution in [1.29, 1.82) is 0 Å². The Bertz CT molecular complexity index is 768. The van der Waals surface area contributed by atoms with Crippen molar-refractivity contribution < 1.29 is 4.79 Å². The van der Waals surface area contributed by atoms with E-state index < -0.39 is 0 Å². The van der Waals surface area contributed by atoms with Crippen LogP contribution in [-0.2, 0) is 13.0 Å². The maximum atomic E-state index is 12.5. The number of likely N-dealkylation sites (N-methyl/N-ethyl adjacent to an activating group) is 1. The highest BCUT2D eigenvalue weighted by atomic mass is 16.2. The molecule has 6 heteroatoms. The summed E-state index contributed by atoms with van der Waals surface area (Å²) in [6, 6.07) is 12.2. The molecule has 4 rings (SSSR count). The summed E-state index contributed by atoms with van der Waals surface area (Å²) in [7, 11) is 2.15. The minimum absolute atomic E-state index is 0.0434. The van der Waals surface area contributed by atoms with E-state index in [0.29, 0.717) is 6.54 Å². The molecule has 1 aromatic heterocycles. The van der Waals surface area contributed by atoms with E-state index in [1.165, 1.54) is 5.56 Å². The quantitative estimate of drug-likeness (QED) is 0.920. The molecular formula is C20H25N5O. The monoisotopic (exact) mass is 351 g/mol. The molecule has 26 heavy (non-hydrogen) atoms. The Hall–Kier alpha value is -2.60. The molecular weight excluding hydrogens is 326 g/mol. The molecule has 2 aliphatic rings. The van der Waals surface area contributed by atoms with Crippen LogP contribution in [0, 0.1) is 0 Å². The van der Waals surface area contributed by atoms with Gasteiger partial charge < -0.3 is 15.1 Å². The second-order valence-electron chi connectivity index (χ2n) is 7.00. The number of hydrogen-bond donors (Lipinski definition) is 1. The highest BCUT2D eigenvalue weighted by Gasteiger charge is 2.23. The third-order valence-electron chi connectivity index (χ3n) is 5.21. The highest BCUT2D eigenvalue weighted by molar-refractivity contribution is 5.94. The Morgan fingerprint density at radius 2 is 1.88 bits per heavy atom. The zero-order chi connectivity index (χ0) is 17.9. The van der Waals surface area contributed by atoms with Crippen LogP contribution in [-0.4, -0.2) is 55.7 Å². The number of rotatable bonds is 3. The first-order valence-electron chi connectivity index (χ1n) is 9.22. The van der Waals surface area contributed by atoms with Crippen LogP contribution in [0.2, 0.25) is 0 Å². The zero-order valence-electron chi connectivity index (χ0n) is 15.2. The lowest BCUT2D eigenvalue weighted by atomic mass is 10.2. The average molecular weight is 351 g/mol. The van der Waals surface area contributed by atoms with Crippen molar-refractivity contribution in [2.24, 2.45) is 0 Å². The number of anilines is 2. The van der Waals surface area contributed by atoms with E-state index in [0.717, 1.165) is 56.2 Å². The minimum Gasteiger partial charge on any atom is -0.354 e. The second kappa shape index (κ2) is 7.33. The molecule has 0 spiro atoms. The number of amides is 2. The van der Waals surface area contributed by atoms with Gasteiger partial charge in [0.2, 0.25) is 0 Å². The zero-order valence-corrected chi connectivity index (χ0v) is 15.2. The number of nitrogens with one attached hydrogen (secondary N) is 1. The van der Waals surface area contributed by atoms with Gasteiger partial charge in [0.25, 0.3) is 0 Å². The SMILES string of the molecule is CN1CCN(c2ccc(CNC(=O)N3CCc4ccccc43)cn2)CC1. The predicted octanol–water partition coefficient (Wildman–Crippen LogP) is 2.11. The predicted molar refractivity (Wildman–Crippen MR) is 104 cm³/mol. The topological polar surface area (TPSA) is 51.7 Å². The fraction of sp³-hybridized carbons (Fsp3) is 0.400. The van der Waals surface area contributed by atoms with Crippen molar-refractivity contribution in [2.75, 3.05) is 49.6 Å². The summed E-state index contributed by atoms with van der Waals surface area (Å²) in [5.41, 5.74) is 3.28. The summed E-state index contributed by atoms with van der Waals surface area (Å²) in [4.78, 5) is 23.5. The number of benzene rings is 1. The van der Waals surface area contributed by atoms with E-state index in [1.807, 2.05) is 29.3 Å². The standard InChI is InChI=1S/C20H25N5O/c1-23-10-12-24(13-11-23)19-7-6-16(14-21-19)15-22-20(26)25-9-8-17-4-2-3-5-18(17)25/h2-7,14H,8-13,15H2,1H3,(H,22,26). The number of urea groups is 1. The second-order valence-corrected chi connectivity index (χ2v) is 7.00. The Labute approximate surface area is 154 Å². The Morgan fingerprint density at radius 1 is 1.08 bits per heavy atom. The minimum atomic E-state index is -0.0434. The van der Waals surface area contributed by atoms with Crippen molar-refractivity contribution >= 4 is 17.5 Å². The maximum absolute atomic E-state index is 12.5. The fourth-order valence-corrected chi connectivity index (χ4v) is 3.57. The molecule has 136 valence electrons. The fourth-order valence-electron chi connectivity index (χ4n) is 3.57. The first-order valence-corrected chi connectivity index (χ1v) is 9.22. The van der Waals surface area contributed by atoms with Crippen molar-refractivity contribution in [1.82, 2.24) is 15.2 Å². The van der Waals surface area contributed by atoms with Crippen LogP contribution in [0.15, 0.2) is 42.6 Å². The Morgan fingerprint density at radius 3 is 2.65 bits per heavy atom. The number of carbonyl (C=O) groups excluding carboxylic acids is 1. The van der Waals surface area contributed by atoms with Crippen LogP contribution in [0.25, 0.3) is 0 Å². The van der Waals surface area contributed by atoms with E-state index in [1.54, 1.807) is 0 Å². The third kappa shape index (κ3) is 3.51. The molecule has 1 N–H and O–H groups in total. The van der Waals surface area contributed by atoms with Gasteiger partial charge in [-0.2, -0.15) is 0 Å². The molecule has 3 heterocycles. The molecule has 0 unspecified atom stereocenters. The van der Waals surface area contributed by atoms with E-state index in [4.69, 9.17) is 0 Å². The normalized spacial score (nSPS) is 17.3. The van der Waals surface area contributed by atoms with Crippen LogP contribution < -0.4 is 15.1 Å². The molecule has 0 radical (unpaired) electrons. The Balaban J connectivity index is 1.33. The van der Waals surface area contributed by atoms with Crippen molar-refractivity contribution in [3.05, 3.63) is 53.7 Å².